The number of pyridine rings is 2. The molecule has 0 spiro atoms. The zero-order valence-electron chi connectivity index (χ0n) is 14.4. The number of anilines is 1. The lowest BCUT2D eigenvalue weighted by atomic mass is 9.92. The maximum absolute atomic E-state index is 13.0. The van der Waals surface area contributed by atoms with E-state index in [4.69, 9.17) is 33.7 Å². The van der Waals surface area contributed by atoms with Gasteiger partial charge in [0.25, 0.3) is 0 Å². The number of hydrogen-bond donors (Lipinski definition) is 1. The number of carbonyl (C=O) groups is 1. The van der Waals surface area contributed by atoms with Crippen LogP contribution in [-0.4, -0.2) is 22.9 Å². The van der Waals surface area contributed by atoms with Crippen LogP contribution >= 0.6 is 23.2 Å². The molecule has 0 atom stereocenters. The number of aromatic nitrogens is 2. The van der Waals surface area contributed by atoms with E-state index in [1.54, 1.807) is 42.7 Å². The van der Waals surface area contributed by atoms with Crippen LogP contribution in [0.3, 0.4) is 0 Å². The summed E-state index contributed by atoms with van der Waals surface area (Å²) >= 11 is 12.2. The second-order valence-electron chi connectivity index (χ2n) is 5.62. The lowest BCUT2D eigenvalue weighted by Gasteiger charge is -2.14. The molecule has 2 heterocycles. The molecular weight excluding hydrogens is 385 g/mol. The minimum absolute atomic E-state index is 0.163. The van der Waals surface area contributed by atoms with E-state index in [9.17, 15) is 4.79 Å². The van der Waals surface area contributed by atoms with Crippen LogP contribution in [0.4, 0.5) is 5.82 Å². The van der Waals surface area contributed by atoms with Crippen LogP contribution in [-0.2, 0) is 0 Å². The predicted octanol–water partition coefficient (Wildman–Crippen LogP) is 4.94. The van der Waals surface area contributed by atoms with Crippen molar-refractivity contribution < 1.29 is 9.53 Å². The summed E-state index contributed by atoms with van der Waals surface area (Å²) in [6.45, 7) is 3.94. The van der Waals surface area contributed by atoms with Gasteiger partial charge in [-0.3, -0.25) is 4.79 Å². The van der Waals surface area contributed by atoms with Gasteiger partial charge >= 0.3 is 0 Å². The summed E-state index contributed by atoms with van der Waals surface area (Å²) in [5.41, 5.74) is 8.32. The number of hydrogen-bond acceptors (Lipinski definition) is 5. The molecule has 0 fully saturated rings. The Morgan fingerprint density at radius 1 is 1.15 bits per heavy atom. The minimum Gasteiger partial charge on any atom is -0.481 e. The molecule has 0 saturated carbocycles. The van der Waals surface area contributed by atoms with Crippen molar-refractivity contribution in [1.29, 1.82) is 0 Å². The van der Waals surface area contributed by atoms with Gasteiger partial charge in [-0.05, 0) is 29.8 Å². The number of nitrogens with zero attached hydrogens (tertiary/aromatic N) is 2. The van der Waals surface area contributed by atoms with Gasteiger partial charge < -0.3 is 10.5 Å². The van der Waals surface area contributed by atoms with Crippen molar-refractivity contribution in [2.24, 2.45) is 0 Å². The van der Waals surface area contributed by atoms with Gasteiger partial charge in [-0.25, -0.2) is 9.97 Å². The lowest BCUT2D eigenvalue weighted by molar-refractivity contribution is 0.105. The Labute approximate surface area is 166 Å². The summed E-state index contributed by atoms with van der Waals surface area (Å²) in [6, 6.07) is 10.1. The fourth-order valence-corrected chi connectivity index (χ4v) is 3.04. The van der Waals surface area contributed by atoms with Crippen LogP contribution in [0.1, 0.15) is 15.9 Å². The van der Waals surface area contributed by atoms with Crippen molar-refractivity contribution in [2.45, 2.75) is 0 Å². The van der Waals surface area contributed by atoms with Crippen LogP contribution in [0.5, 0.6) is 5.88 Å². The first-order chi connectivity index (χ1) is 12.9. The number of nitrogen functional groups attached to an aromatic ring is 1. The maximum atomic E-state index is 13.0. The molecule has 0 radical (unpaired) electrons. The van der Waals surface area contributed by atoms with Crippen LogP contribution in [0.2, 0.25) is 10.0 Å². The SMILES string of the molecule is C=C(C(=O)c1cccc(Cl)c1Cl)c1c(-c2ccc(OC)nc2)ccnc1N. The molecule has 0 amide bonds. The van der Waals surface area contributed by atoms with E-state index in [1.807, 2.05) is 6.07 Å². The Hall–Kier alpha value is -2.89. The summed E-state index contributed by atoms with van der Waals surface area (Å²) in [4.78, 5) is 21.3. The molecule has 136 valence electrons. The van der Waals surface area contributed by atoms with Crippen LogP contribution in [0, 0.1) is 0 Å². The van der Waals surface area contributed by atoms with Crippen LogP contribution < -0.4 is 10.5 Å². The number of ether oxygens (including phenoxy) is 1. The minimum atomic E-state index is -0.384. The normalized spacial score (nSPS) is 10.5. The second-order valence-corrected chi connectivity index (χ2v) is 6.40. The summed E-state index contributed by atoms with van der Waals surface area (Å²) in [5, 5.41) is 0.453. The Morgan fingerprint density at radius 3 is 2.59 bits per heavy atom. The Balaban J connectivity index is 2.09. The van der Waals surface area contributed by atoms with Gasteiger partial charge in [0, 0.05) is 40.7 Å². The second kappa shape index (κ2) is 7.78. The number of nitrogens with two attached hydrogens (primary N) is 1. The average Bonchev–Trinajstić information content (AvgIpc) is 2.69. The van der Waals surface area contributed by atoms with E-state index in [2.05, 4.69) is 16.5 Å². The highest BCUT2D eigenvalue weighted by Gasteiger charge is 2.22. The highest BCUT2D eigenvalue weighted by Crippen LogP contribution is 2.35. The number of rotatable bonds is 5. The van der Waals surface area contributed by atoms with E-state index in [1.165, 1.54) is 7.11 Å². The summed E-state index contributed by atoms with van der Waals surface area (Å²) < 4.78 is 5.08. The average molecular weight is 400 g/mol. The molecule has 5 nitrogen and oxygen atoms in total. The fraction of sp³-hybridized carbons (Fsp3) is 0.0500. The molecule has 1 aromatic carbocycles. The molecular formula is C20H15Cl2N3O2. The summed E-state index contributed by atoms with van der Waals surface area (Å²) in [6.07, 6.45) is 3.18. The zero-order valence-corrected chi connectivity index (χ0v) is 15.9. The van der Waals surface area contributed by atoms with E-state index >= 15 is 0 Å². The topological polar surface area (TPSA) is 78.1 Å². The van der Waals surface area contributed by atoms with Crippen molar-refractivity contribution in [3.63, 3.8) is 0 Å². The molecule has 2 aromatic heterocycles. The van der Waals surface area contributed by atoms with Crippen molar-refractivity contribution >= 4 is 40.4 Å². The first-order valence-corrected chi connectivity index (χ1v) is 8.62. The molecule has 27 heavy (non-hydrogen) atoms. The van der Waals surface area contributed by atoms with Gasteiger partial charge in [-0.1, -0.05) is 35.8 Å². The smallest absolute Gasteiger partial charge is 0.212 e. The quantitative estimate of drug-likeness (QED) is 0.485. The Kier molecular flexibility index (Phi) is 5.44. The largest absolute Gasteiger partial charge is 0.481 e. The number of carbonyl (C=O) groups excluding carboxylic acids is 1. The fourth-order valence-electron chi connectivity index (χ4n) is 2.65. The first kappa shape index (κ1) is 18.9. The molecule has 0 saturated heterocycles. The number of ketones is 1. The van der Waals surface area contributed by atoms with Gasteiger partial charge in [0.15, 0.2) is 5.78 Å². The van der Waals surface area contributed by atoms with Crippen molar-refractivity contribution in [1.82, 2.24) is 9.97 Å². The molecule has 0 aliphatic carbocycles. The highest BCUT2D eigenvalue weighted by atomic mass is 35.5. The van der Waals surface area contributed by atoms with Gasteiger partial charge in [-0.15, -0.1) is 0 Å². The van der Waals surface area contributed by atoms with E-state index in [-0.39, 0.29) is 32.8 Å². The monoisotopic (exact) mass is 399 g/mol. The number of Topliss-reactive ketones (excluding diaryl/α,β-unsaturated/α-hetero) is 1. The molecule has 0 aliphatic heterocycles. The maximum Gasteiger partial charge on any atom is 0.212 e. The standard InChI is InChI=1S/C20H15Cl2N3O2/c1-11(19(26)14-4-3-5-15(21)18(14)22)17-13(8-9-24-20(17)23)12-6-7-16(27-2)25-10-12/h3-10H,1H2,2H3,(H2,23,24). The zero-order chi connectivity index (χ0) is 19.6. The van der Waals surface area contributed by atoms with Crippen LogP contribution in [0.15, 0.2) is 55.4 Å². The summed E-state index contributed by atoms with van der Waals surface area (Å²) in [7, 11) is 1.53. The van der Waals surface area contributed by atoms with Gasteiger partial charge in [0.2, 0.25) is 5.88 Å². The van der Waals surface area contributed by atoms with E-state index in [0.29, 0.717) is 17.0 Å². The van der Waals surface area contributed by atoms with Gasteiger partial charge in [0.05, 0.1) is 17.2 Å². The number of benzene rings is 1. The third kappa shape index (κ3) is 3.65. The third-order valence-corrected chi connectivity index (χ3v) is 4.83. The molecule has 7 heteroatoms. The van der Waals surface area contributed by atoms with E-state index < -0.39 is 0 Å². The Bertz CT molecular complexity index is 1030. The third-order valence-electron chi connectivity index (χ3n) is 4.01. The molecule has 3 rings (SSSR count). The van der Waals surface area contributed by atoms with Crippen molar-refractivity contribution in [2.75, 3.05) is 12.8 Å². The molecule has 3 aromatic rings. The highest BCUT2D eigenvalue weighted by molar-refractivity contribution is 6.46. The Morgan fingerprint density at radius 2 is 1.93 bits per heavy atom. The van der Waals surface area contributed by atoms with Crippen LogP contribution in [0.25, 0.3) is 16.7 Å². The van der Waals surface area contributed by atoms with Crippen molar-refractivity contribution in [3.05, 3.63) is 76.5 Å². The van der Waals surface area contributed by atoms with Gasteiger partial charge in [-0.2, -0.15) is 0 Å². The van der Waals surface area contributed by atoms with E-state index in [0.717, 1.165) is 5.56 Å². The number of methoxy groups -OCH3 is 1. The molecule has 0 aliphatic rings. The lowest BCUT2D eigenvalue weighted by Crippen LogP contribution is -2.08. The van der Waals surface area contributed by atoms with Gasteiger partial charge in [0.1, 0.15) is 5.82 Å². The molecule has 0 unspecified atom stereocenters. The van der Waals surface area contributed by atoms with Crippen molar-refractivity contribution in [3.8, 4) is 17.0 Å². The molecule has 2 N–H and O–H groups in total. The number of allylic oxidation sites excluding steroid dienone is 1. The number of halogens is 2. The molecule has 0 bridgehead atoms. The summed E-state index contributed by atoms with van der Waals surface area (Å²) in [5.74, 6) is 0.271. The predicted molar refractivity (Wildman–Crippen MR) is 108 cm³/mol. The first-order valence-electron chi connectivity index (χ1n) is 7.87.